The predicted octanol–water partition coefficient (Wildman–Crippen LogP) is 2.84. The number of carbonyl (C=O) groups is 2. The van der Waals surface area contributed by atoms with Crippen molar-refractivity contribution in [2.45, 2.75) is 32.4 Å². The van der Waals surface area contributed by atoms with E-state index < -0.39 is 17.7 Å². The van der Waals surface area contributed by atoms with Crippen molar-refractivity contribution in [3.8, 4) is 0 Å². The quantitative estimate of drug-likeness (QED) is 0.801. The van der Waals surface area contributed by atoms with Gasteiger partial charge in [-0.2, -0.15) is 0 Å². The molecule has 1 aromatic rings. The Morgan fingerprint density at radius 2 is 2.16 bits per heavy atom. The molecule has 19 heavy (non-hydrogen) atoms. The Balaban J connectivity index is 2.91. The number of likely N-dealkylation sites (N-methyl/N-ethyl adjacent to an activating group) is 1. The van der Waals surface area contributed by atoms with E-state index in [1.54, 1.807) is 32.9 Å². The number of aldehydes is 1. The first kappa shape index (κ1) is 15.4. The third kappa shape index (κ3) is 4.52. The molecule has 104 valence electrons. The Labute approximate surface area is 117 Å². The molecule has 1 unspecified atom stereocenters. The van der Waals surface area contributed by atoms with E-state index >= 15 is 0 Å². The van der Waals surface area contributed by atoms with Crippen LogP contribution in [0.3, 0.4) is 0 Å². The summed E-state index contributed by atoms with van der Waals surface area (Å²) >= 11 is 5.85. The summed E-state index contributed by atoms with van der Waals surface area (Å²) in [7, 11) is 1.48. The molecule has 1 rings (SSSR count). The Morgan fingerprint density at radius 3 is 2.63 bits per heavy atom. The predicted molar refractivity (Wildman–Crippen MR) is 72.0 cm³/mol. The molecule has 0 saturated carbocycles. The van der Waals surface area contributed by atoms with Crippen LogP contribution < -0.4 is 0 Å². The van der Waals surface area contributed by atoms with Gasteiger partial charge < -0.3 is 9.53 Å². The fraction of sp³-hybridized carbons (Fsp3) is 0.462. The average molecular weight is 285 g/mol. The third-order valence-electron chi connectivity index (χ3n) is 2.27. The zero-order valence-corrected chi connectivity index (χ0v) is 12.1. The molecule has 0 saturated heterocycles. The van der Waals surface area contributed by atoms with E-state index in [1.807, 2.05) is 0 Å². The molecular weight excluding hydrogens is 268 g/mol. The maximum Gasteiger partial charge on any atom is 0.410 e. The summed E-state index contributed by atoms with van der Waals surface area (Å²) in [4.78, 5) is 28.3. The molecular formula is C13H17ClN2O3. The number of nitrogens with zero attached hydrogens (tertiary/aromatic N) is 2. The van der Waals surface area contributed by atoms with Crippen LogP contribution in [0, 0.1) is 0 Å². The number of hydrogen-bond acceptors (Lipinski definition) is 4. The summed E-state index contributed by atoms with van der Waals surface area (Å²) in [5.41, 5.74) is -0.226. The van der Waals surface area contributed by atoms with Crippen molar-refractivity contribution < 1.29 is 14.3 Å². The van der Waals surface area contributed by atoms with Crippen LogP contribution >= 0.6 is 11.6 Å². The lowest BCUT2D eigenvalue weighted by Gasteiger charge is -2.27. The Hall–Kier alpha value is -1.62. The molecule has 0 radical (unpaired) electrons. The monoisotopic (exact) mass is 284 g/mol. The highest BCUT2D eigenvalue weighted by molar-refractivity contribution is 6.30. The van der Waals surface area contributed by atoms with E-state index in [2.05, 4.69) is 4.98 Å². The molecule has 0 fully saturated rings. The minimum absolute atomic E-state index is 0.399. The number of ether oxygens (including phenoxy) is 1. The first-order chi connectivity index (χ1) is 8.74. The lowest BCUT2D eigenvalue weighted by Crippen LogP contribution is -2.37. The summed E-state index contributed by atoms with van der Waals surface area (Å²) < 4.78 is 5.20. The van der Waals surface area contributed by atoms with Crippen molar-refractivity contribution in [1.82, 2.24) is 9.88 Å². The van der Waals surface area contributed by atoms with Crippen LogP contribution in [0.2, 0.25) is 5.02 Å². The number of amides is 1. The molecule has 0 N–H and O–H groups in total. The zero-order valence-electron chi connectivity index (χ0n) is 11.4. The normalized spacial score (nSPS) is 12.7. The molecule has 1 atom stereocenters. The van der Waals surface area contributed by atoms with Gasteiger partial charge in [0.05, 0.1) is 5.69 Å². The second-order valence-electron chi connectivity index (χ2n) is 5.07. The number of aromatic nitrogens is 1. The lowest BCUT2D eigenvalue weighted by molar-refractivity contribution is -0.112. The van der Waals surface area contributed by atoms with Crippen LogP contribution in [0.15, 0.2) is 18.3 Å². The van der Waals surface area contributed by atoms with E-state index in [-0.39, 0.29) is 0 Å². The fourth-order valence-electron chi connectivity index (χ4n) is 1.39. The number of halogens is 1. The van der Waals surface area contributed by atoms with Gasteiger partial charge in [-0.25, -0.2) is 4.79 Å². The summed E-state index contributed by atoms with van der Waals surface area (Å²) in [5.74, 6) is 0. The van der Waals surface area contributed by atoms with Crippen LogP contribution in [0.25, 0.3) is 0 Å². The van der Waals surface area contributed by atoms with E-state index in [0.717, 1.165) is 0 Å². The second-order valence-corrected chi connectivity index (χ2v) is 5.51. The van der Waals surface area contributed by atoms with Crippen LogP contribution in [-0.2, 0) is 9.53 Å². The Bertz CT molecular complexity index is 471. The molecule has 6 heteroatoms. The minimum Gasteiger partial charge on any atom is -0.444 e. The van der Waals surface area contributed by atoms with E-state index in [0.29, 0.717) is 17.0 Å². The van der Waals surface area contributed by atoms with Gasteiger partial charge in [0, 0.05) is 18.3 Å². The molecule has 0 aliphatic heterocycles. The third-order valence-corrected chi connectivity index (χ3v) is 2.51. The minimum atomic E-state index is -0.825. The molecule has 0 spiro atoms. The largest absolute Gasteiger partial charge is 0.444 e. The van der Waals surface area contributed by atoms with Crippen molar-refractivity contribution in [2.75, 3.05) is 7.05 Å². The van der Waals surface area contributed by atoms with Crippen molar-refractivity contribution in [2.24, 2.45) is 0 Å². The van der Waals surface area contributed by atoms with E-state index in [4.69, 9.17) is 16.3 Å². The maximum atomic E-state index is 11.9. The molecule has 0 aromatic carbocycles. The van der Waals surface area contributed by atoms with Gasteiger partial charge in [0.1, 0.15) is 17.9 Å². The number of hydrogen-bond donors (Lipinski definition) is 0. The van der Waals surface area contributed by atoms with Gasteiger partial charge in [-0.15, -0.1) is 0 Å². The fourth-order valence-corrected chi connectivity index (χ4v) is 1.56. The van der Waals surface area contributed by atoms with Gasteiger partial charge in [-0.05, 0) is 32.9 Å². The van der Waals surface area contributed by atoms with Gasteiger partial charge in [-0.1, -0.05) is 11.6 Å². The highest BCUT2D eigenvalue weighted by Crippen LogP contribution is 2.20. The van der Waals surface area contributed by atoms with Crippen molar-refractivity contribution in [3.63, 3.8) is 0 Å². The van der Waals surface area contributed by atoms with Gasteiger partial charge in [-0.3, -0.25) is 9.88 Å². The summed E-state index contributed by atoms with van der Waals surface area (Å²) in [5, 5.41) is 0.453. The van der Waals surface area contributed by atoms with Gasteiger partial charge in [0.25, 0.3) is 0 Å². The highest BCUT2D eigenvalue weighted by atomic mass is 35.5. The number of pyridine rings is 1. The Kier molecular flexibility index (Phi) is 4.89. The molecule has 0 aliphatic rings. The van der Waals surface area contributed by atoms with Gasteiger partial charge in [0.15, 0.2) is 0 Å². The first-order valence-corrected chi connectivity index (χ1v) is 6.15. The molecule has 5 nitrogen and oxygen atoms in total. The van der Waals surface area contributed by atoms with Gasteiger partial charge in [0.2, 0.25) is 0 Å². The van der Waals surface area contributed by atoms with Crippen LogP contribution in [0.5, 0.6) is 0 Å². The zero-order chi connectivity index (χ0) is 14.6. The lowest BCUT2D eigenvalue weighted by atomic mass is 10.2. The summed E-state index contributed by atoms with van der Waals surface area (Å²) in [6, 6.07) is 2.32. The Morgan fingerprint density at radius 1 is 1.53 bits per heavy atom. The van der Waals surface area contributed by atoms with Crippen LogP contribution in [-0.4, -0.2) is 34.9 Å². The average Bonchev–Trinajstić information content (AvgIpc) is 2.27. The molecule has 1 aromatic heterocycles. The number of rotatable bonds is 3. The second kappa shape index (κ2) is 6.02. The van der Waals surface area contributed by atoms with E-state index in [9.17, 15) is 9.59 Å². The SMILES string of the molecule is CN(C(=O)OC(C)(C)C)C(C=O)c1cc(Cl)ccn1. The van der Waals surface area contributed by atoms with Crippen molar-refractivity contribution in [3.05, 3.63) is 29.0 Å². The summed E-state index contributed by atoms with van der Waals surface area (Å²) in [6.45, 7) is 5.27. The first-order valence-electron chi connectivity index (χ1n) is 5.77. The molecule has 1 amide bonds. The molecule has 0 bridgehead atoms. The smallest absolute Gasteiger partial charge is 0.410 e. The van der Waals surface area contributed by atoms with Crippen LogP contribution in [0.1, 0.15) is 32.5 Å². The summed E-state index contributed by atoms with van der Waals surface area (Å²) in [6.07, 6.45) is 1.52. The van der Waals surface area contributed by atoms with Crippen molar-refractivity contribution in [1.29, 1.82) is 0 Å². The molecule has 0 aliphatic carbocycles. The standard InChI is InChI=1S/C13H17ClN2O3/c1-13(2,3)19-12(18)16(4)11(8-17)10-7-9(14)5-6-15-10/h5-8,11H,1-4H3. The number of carbonyl (C=O) groups excluding carboxylic acids is 2. The molecule has 1 heterocycles. The van der Waals surface area contributed by atoms with E-state index in [1.165, 1.54) is 18.1 Å². The highest BCUT2D eigenvalue weighted by Gasteiger charge is 2.27. The van der Waals surface area contributed by atoms with Crippen molar-refractivity contribution >= 4 is 24.0 Å². The maximum absolute atomic E-state index is 11.9. The van der Waals surface area contributed by atoms with Crippen LogP contribution in [0.4, 0.5) is 4.79 Å². The topological polar surface area (TPSA) is 59.5 Å². The van der Waals surface area contributed by atoms with Gasteiger partial charge >= 0.3 is 6.09 Å².